The van der Waals surface area contributed by atoms with Gasteiger partial charge < -0.3 is 0 Å². The van der Waals surface area contributed by atoms with Crippen LogP contribution in [0.15, 0.2) is 18.2 Å². The summed E-state index contributed by atoms with van der Waals surface area (Å²) in [5.41, 5.74) is 3.02. The largest absolute Gasteiger partial charge is 0.294 e. The lowest BCUT2D eigenvalue weighted by Crippen LogP contribution is -2.39. The summed E-state index contributed by atoms with van der Waals surface area (Å²) in [6.45, 7) is 5.06. The maximum Gasteiger partial charge on any atom is 0.211 e. The van der Waals surface area contributed by atoms with E-state index in [9.17, 15) is 13.2 Å². The van der Waals surface area contributed by atoms with Gasteiger partial charge in [0.25, 0.3) is 0 Å². The molecule has 21 heavy (non-hydrogen) atoms. The monoisotopic (exact) mass is 309 g/mol. The molecule has 1 saturated heterocycles. The number of hydrogen-bond donors (Lipinski definition) is 0. The van der Waals surface area contributed by atoms with E-state index in [0.717, 1.165) is 24.0 Å². The second kappa shape index (κ2) is 6.28. The molecule has 1 aliphatic heterocycles. The van der Waals surface area contributed by atoms with Crippen molar-refractivity contribution < 1.29 is 13.2 Å². The fourth-order valence-corrected chi connectivity index (χ4v) is 3.73. The SMILES string of the molecule is Cc1ccc(C(=O)CC2CCCN(S(C)(=O)=O)C2)cc1C. The zero-order valence-corrected chi connectivity index (χ0v) is 13.7. The number of piperidine rings is 1. The smallest absolute Gasteiger partial charge is 0.211 e. The Morgan fingerprint density at radius 2 is 2.00 bits per heavy atom. The standard InChI is InChI=1S/C16H23NO3S/c1-12-6-7-15(9-13(12)2)16(18)10-14-5-4-8-17(11-14)21(3,19)20/h6-7,9,14H,4-5,8,10-11H2,1-3H3. The molecule has 1 heterocycles. The summed E-state index contributed by atoms with van der Waals surface area (Å²) < 4.78 is 24.7. The Morgan fingerprint density at radius 1 is 1.29 bits per heavy atom. The molecule has 0 saturated carbocycles. The number of rotatable bonds is 4. The normalized spacial score (nSPS) is 20.4. The minimum Gasteiger partial charge on any atom is -0.294 e. The first-order valence-corrected chi connectivity index (χ1v) is 9.18. The molecule has 1 atom stereocenters. The van der Waals surface area contributed by atoms with Gasteiger partial charge in [-0.3, -0.25) is 4.79 Å². The zero-order valence-electron chi connectivity index (χ0n) is 12.9. The molecular formula is C16H23NO3S. The molecule has 5 heteroatoms. The summed E-state index contributed by atoms with van der Waals surface area (Å²) in [7, 11) is -3.15. The highest BCUT2D eigenvalue weighted by Gasteiger charge is 2.27. The van der Waals surface area contributed by atoms with Crippen LogP contribution in [0.5, 0.6) is 0 Å². The number of ketones is 1. The van der Waals surface area contributed by atoms with Gasteiger partial charge >= 0.3 is 0 Å². The number of carbonyl (C=O) groups excluding carboxylic acids is 1. The van der Waals surface area contributed by atoms with Crippen LogP contribution in [0.3, 0.4) is 0 Å². The lowest BCUT2D eigenvalue weighted by atomic mass is 9.91. The molecule has 0 amide bonds. The van der Waals surface area contributed by atoms with Crippen molar-refractivity contribution in [2.45, 2.75) is 33.1 Å². The second-order valence-corrected chi connectivity index (χ2v) is 8.04. The van der Waals surface area contributed by atoms with Gasteiger partial charge in [-0.15, -0.1) is 0 Å². The number of nitrogens with zero attached hydrogens (tertiary/aromatic N) is 1. The molecule has 1 fully saturated rings. The van der Waals surface area contributed by atoms with E-state index in [1.807, 2.05) is 32.0 Å². The van der Waals surface area contributed by atoms with Crippen LogP contribution in [0.25, 0.3) is 0 Å². The van der Waals surface area contributed by atoms with E-state index in [2.05, 4.69) is 0 Å². The molecule has 0 aliphatic carbocycles. The highest BCUT2D eigenvalue weighted by molar-refractivity contribution is 7.88. The van der Waals surface area contributed by atoms with Crippen LogP contribution in [0.2, 0.25) is 0 Å². The van der Waals surface area contributed by atoms with E-state index in [4.69, 9.17) is 0 Å². The lowest BCUT2D eigenvalue weighted by Gasteiger charge is -2.30. The van der Waals surface area contributed by atoms with E-state index in [1.165, 1.54) is 16.1 Å². The Balaban J connectivity index is 2.03. The van der Waals surface area contributed by atoms with Crippen LogP contribution in [0.1, 0.15) is 40.7 Å². The van der Waals surface area contributed by atoms with Gasteiger partial charge in [0.15, 0.2) is 5.78 Å². The summed E-state index contributed by atoms with van der Waals surface area (Å²) in [6.07, 6.45) is 3.41. The Labute approximate surface area is 127 Å². The quantitative estimate of drug-likeness (QED) is 0.803. The van der Waals surface area contributed by atoms with Crippen LogP contribution >= 0.6 is 0 Å². The first-order chi connectivity index (χ1) is 9.77. The maximum absolute atomic E-state index is 12.4. The van der Waals surface area contributed by atoms with Gasteiger partial charge in [0, 0.05) is 25.1 Å². The van der Waals surface area contributed by atoms with Crippen molar-refractivity contribution in [2.24, 2.45) is 5.92 Å². The number of aryl methyl sites for hydroxylation is 2. The number of carbonyl (C=O) groups is 1. The number of benzene rings is 1. The lowest BCUT2D eigenvalue weighted by molar-refractivity contribution is 0.0942. The van der Waals surface area contributed by atoms with Gasteiger partial charge in [0.1, 0.15) is 0 Å². The van der Waals surface area contributed by atoms with Gasteiger partial charge in [-0.25, -0.2) is 12.7 Å². The molecule has 0 aromatic heterocycles. The Morgan fingerprint density at radius 3 is 2.62 bits per heavy atom. The molecule has 4 nitrogen and oxygen atoms in total. The average molecular weight is 309 g/mol. The maximum atomic E-state index is 12.4. The van der Waals surface area contributed by atoms with Crippen molar-refractivity contribution in [3.8, 4) is 0 Å². The van der Waals surface area contributed by atoms with E-state index in [0.29, 0.717) is 19.5 Å². The van der Waals surface area contributed by atoms with E-state index in [1.54, 1.807) is 0 Å². The minimum absolute atomic E-state index is 0.110. The van der Waals surface area contributed by atoms with Crippen molar-refractivity contribution in [2.75, 3.05) is 19.3 Å². The van der Waals surface area contributed by atoms with Gasteiger partial charge in [0.2, 0.25) is 10.0 Å². The van der Waals surface area contributed by atoms with Crippen LogP contribution in [0, 0.1) is 19.8 Å². The second-order valence-electron chi connectivity index (χ2n) is 6.06. The third-order valence-electron chi connectivity index (χ3n) is 4.25. The third kappa shape index (κ3) is 4.14. The Bertz CT molecular complexity index is 637. The van der Waals surface area contributed by atoms with Gasteiger partial charge in [-0.2, -0.15) is 0 Å². The van der Waals surface area contributed by atoms with E-state index in [-0.39, 0.29) is 11.7 Å². The summed E-state index contributed by atoms with van der Waals surface area (Å²) in [6, 6.07) is 5.75. The number of Topliss-reactive ketones (excluding diaryl/α,β-unsaturated/α-hetero) is 1. The van der Waals surface area contributed by atoms with Crippen molar-refractivity contribution in [1.82, 2.24) is 4.31 Å². The van der Waals surface area contributed by atoms with Gasteiger partial charge in [0.05, 0.1) is 6.26 Å². The molecule has 2 rings (SSSR count). The Hall–Kier alpha value is -1.20. The predicted octanol–water partition coefficient (Wildman–Crippen LogP) is 2.55. The first kappa shape index (κ1) is 16.2. The summed E-state index contributed by atoms with van der Waals surface area (Å²) >= 11 is 0. The van der Waals surface area contributed by atoms with Crippen LogP contribution in [-0.4, -0.2) is 37.9 Å². The van der Waals surface area contributed by atoms with Crippen LogP contribution < -0.4 is 0 Å². The first-order valence-electron chi connectivity index (χ1n) is 7.33. The summed E-state index contributed by atoms with van der Waals surface area (Å²) in [5.74, 6) is 0.237. The fourth-order valence-electron chi connectivity index (χ4n) is 2.79. The minimum atomic E-state index is -3.15. The summed E-state index contributed by atoms with van der Waals surface area (Å²) in [4.78, 5) is 12.4. The number of sulfonamides is 1. The molecule has 0 N–H and O–H groups in total. The van der Waals surface area contributed by atoms with Gasteiger partial charge in [-0.1, -0.05) is 12.1 Å². The van der Waals surface area contributed by atoms with Crippen molar-refractivity contribution in [3.05, 3.63) is 34.9 Å². The Kier molecular flexibility index (Phi) is 4.84. The molecule has 1 aromatic carbocycles. The van der Waals surface area contributed by atoms with Gasteiger partial charge in [-0.05, 0) is 49.8 Å². The molecule has 0 spiro atoms. The molecule has 1 aromatic rings. The third-order valence-corrected chi connectivity index (χ3v) is 5.52. The molecule has 116 valence electrons. The van der Waals surface area contributed by atoms with Crippen molar-refractivity contribution in [3.63, 3.8) is 0 Å². The van der Waals surface area contributed by atoms with E-state index >= 15 is 0 Å². The summed E-state index contributed by atoms with van der Waals surface area (Å²) in [5, 5.41) is 0. The topological polar surface area (TPSA) is 54.5 Å². The van der Waals surface area contributed by atoms with Crippen LogP contribution in [-0.2, 0) is 10.0 Å². The molecular weight excluding hydrogens is 286 g/mol. The predicted molar refractivity (Wildman–Crippen MR) is 84.0 cm³/mol. The zero-order chi connectivity index (χ0) is 15.6. The number of hydrogen-bond acceptors (Lipinski definition) is 3. The molecule has 0 bridgehead atoms. The molecule has 1 aliphatic rings. The van der Waals surface area contributed by atoms with Crippen LogP contribution in [0.4, 0.5) is 0 Å². The van der Waals surface area contributed by atoms with Crippen molar-refractivity contribution in [1.29, 1.82) is 0 Å². The molecule has 1 unspecified atom stereocenters. The van der Waals surface area contributed by atoms with Crippen molar-refractivity contribution >= 4 is 15.8 Å². The molecule has 0 radical (unpaired) electrons. The highest BCUT2D eigenvalue weighted by Crippen LogP contribution is 2.23. The average Bonchev–Trinajstić information content (AvgIpc) is 2.41. The highest BCUT2D eigenvalue weighted by atomic mass is 32.2. The van der Waals surface area contributed by atoms with E-state index < -0.39 is 10.0 Å². The fraction of sp³-hybridized carbons (Fsp3) is 0.562.